The molecule has 1 aliphatic rings. The number of carbonyl (C=O) groups excluding carboxylic acids is 1. The van der Waals surface area contributed by atoms with Gasteiger partial charge in [-0.1, -0.05) is 44.0 Å². The molecule has 0 spiro atoms. The van der Waals surface area contributed by atoms with Gasteiger partial charge in [-0.05, 0) is 43.5 Å². The molecule has 1 aromatic carbocycles. The molecule has 1 radical (unpaired) electrons. The second-order valence-electron chi connectivity index (χ2n) is 8.57. The lowest BCUT2D eigenvalue weighted by atomic mass is 9.69. The monoisotopic (exact) mass is 375 g/mol. The zero-order valence-corrected chi connectivity index (χ0v) is 17.7. The zero-order valence-electron chi connectivity index (χ0n) is 16.7. The molecule has 5 heteroatoms. The zero-order chi connectivity index (χ0) is 19.3. The number of likely N-dealkylation sites (tertiary alicyclic amines) is 1. The van der Waals surface area contributed by atoms with Gasteiger partial charge in [-0.2, -0.15) is 0 Å². The predicted molar refractivity (Wildman–Crippen MR) is 117 cm³/mol. The Hall–Kier alpha value is -1.90. The van der Waals surface area contributed by atoms with Crippen LogP contribution < -0.4 is 0 Å². The first-order valence-electron chi connectivity index (χ1n) is 9.84. The van der Waals surface area contributed by atoms with Crippen LogP contribution in [-0.4, -0.2) is 44.5 Å². The van der Waals surface area contributed by atoms with Crippen molar-refractivity contribution in [1.82, 2.24) is 9.88 Å². The fourth-order valence-electron chi connectivity index (χ4n) is 3.55. The maximum absolute atomic E-state index is 10.5. The summed E-state index contributed by atoms with van der Waals surface area (Å²) in [6.07, 6.45) is 8.03. The van der Waals surface area contributed by atoms with E-state index in [2.05, 4.69) is 59.2 Å². The van der Waals surface area contributed by atoms with E-state index < -0.39 is 8.07 Å². The summed E-state index contributed by atoms with van der Waals surface area (Å²) in [5.74, 6) is 4.05. The fraction of sp³-hybridized carbons (Fsp3) is 0.455. The number of rotatable bonds is 5. The van der Waals surface area contributed by atoms with Crippen LogP contribution in [0.3, 0.4) is 0 Å². The summed E-state index contributed by atoms with van der Waals surface area (Å²) in [7, 11) is 0.351. The summed E-state index contributed by atoms with van der Waals surface area (Å²) in [6, 6.07) is 6.67. The smallest absolute Gasteiger partial charge is 0.197 e. The van der Waals surface area contributed by atoms with Crippen molar-refractivity contribution in [2.24, 2.45) is 5.92 Å². The number of pyridine rings is 1. The van der Waals surface area contributed by atoms with Crippen molar-refractivity contribution in [3.63, 3.8) is 0 Å². The topological polar surface area (TPSA) is 33.2 Å². The highest BCUT2D eigenvalue weighted by atomic mass is 28.3. The van der Waals surface area contributed by atoms with Crippen molar-refractivity contribution < 1.29 is 4.79 Å². The molecule has 1 fully saturated rings. The third-order valence-corrected chi connectivity index (χ3v) is 5.95. The molecule has 2 heterocycles. The molecule has 139 valence electrons. The van der Waals surface area contributed by atoms with Crippen LogP contribution in [0.4, 0.5) is 0 Å². The molecule has 3 nitrogen and oxygen atoms in total. The van der Waals surface area contributed by atoms with E-state index in [1.54, 1.807) is 7.28 Å². The Morgan fingerprint density at radius 2 is 2.04 bits per heavy atom. The number of fused-ring (bicyclic) bond motifs is 1. The Morgan fingerprint density at radius 3 is 2.74 bits per heavy atom. The van der Waals surface area contributed by atoms with Gasteiger partial charge in [0, 0.05) is 29.7 Å². The van der Waals surface area contributed by atoms with Gasteiger partial charge in [0.1, 0.15) is 8.07 Å². The van der Waals surface area contributed by atoms with Crippen LogP contribution in [-0.2, 0) is 11.3 Å². The Bertz CT molecular complexity index is 858. The quantitative estimate of drug-likeness (QED) is 0.450. The minimum Gasteiger partial charge on any atom is -0.316 e. The SMILES string of the molecule is C[Si](C)(C)C#Cc1cncc2ccc(CN3CCC(C[B]C=O)CC3)cc12. The molecule has 3 rings (SSSR count). The summed E-state index contributed by atoms with van der Waals surface area (Å²) in [5.41, 5.74) is 5.84. The maximum Gasteiger partial charge on any atom is 0.197 e. The van der Waals surface area contributed by atoms with Gasteiger partial charge in [-0.15, -0.1) is 5.54 Å². The summed E-state index contributed by atoms with van der Waals surface area (Å²) >= 11 is 0. The molecule has 0 atom stereocenters. The van der Waals surface area contributed by atoms with Crippen LogP contribution in [0.2, 0.25) is 26.0 Å². The van der Waals surface area contributed by atoms with E-state index in [-0.39, 0.29) is 0 Å². The predicted octanol–water partition coefficient (Wildman–Crippen LogP) is 3.99. The number of aromatic nitrogens is 1. The lowest BCUT2D eigenvalue weighted by Gasteiger charge is -2.31. The number of nitrogens with zero attached hydrogens (tertiary/aromatic N) is 2. The lowest BCUT2D eigenvalue weighted by molar-refractivity contribution is 0.185. The Balaban J connectivity index is 1.73. The molecule has 0 N–H and O–H groups in total. The number of hydrogen-bond donors (Lipinski definition) is 0. The molecule has 0 bridgehead atoms. The lowest BCUT2D eigenvalue weighted by Crippen LogP contribution is -2.33. The van der Waals surface area contributed by atoms with Crippen LogP contribution in [0.15, 0.2) is 30.6 Å². The average molecular weight is 375 g/mol. The summed E-state index contributed by atoms with van der Waals surface area (Å²) < 4.78 is 0. The van der Waals surface area contributed by atoms with Crippen LogP contribution in [0.1, 0.15) is 24.0 Å². The van der Waals surface area contributed by atoms with E-state index in [1.165, 1.54) is 23.8 Å². The number of piperidine rings is 1. The molecular weight excluding hydrogens is 347 g/mol. The Kier molecular flexibility index (Phi) is 6.51. The largest absolute Gasteiger partial charge is 0.316 e. The summed E-state index contributed by atoms with van der Waals surface area (Å²) in [4.78, 5) is 17.4. The van der Waals surface area contributed by atoms with E-state index in [0.29, 0.717) is 5.92 Å². The van der Waals surface area contributed by atoms with Crippen LogP contribution in [0.25, 0.3) is 10.8 Å². The Labute approximate surface area is 164 Å². The highest BCUT2D eigenvalue weighted by Crippen LogP contribution is 2.24. The number of benzene rings is 1. The fourth-order valence-corrected chi connectivity index (χ4v) is 4.06. The highest BCUT2D eigenvalue weighted by Gasteiger charge is 2.19. The van der Waals surface area contributed by atoms with E-state index in [9.17, 15) is 4.79 Å². The van der Waals surface area contributed by atoms with Crippen LogP contribution in [0, 0.1) is 17.4 Å². The second kappa shape index (κ2) is 8.86. The first kappa shape index (κ1) is 19.9. The maximum atomic E-state index is 10.5. The average Bonchev–Trinajstić information content (AvgIpc) is 2.65. The van der Waals surface area contributed by atoms with E-state index in [1.807, 2.05) is 12.4 Å². The first-order chi connectivity index (χ1) is 12.9. The van der Waals surface area contributed by atoms with Crippen LogP contribution in [0.5, 0.6) is 0 Å². The van der Waals surface area contributed by atoms with Gasteiger partial charge in [0.15, 0.2) is 7.28 Å². The minimum absolute atomic E-state index is 0.664. The van der Waals surface area contributed by atoms with E-state index in [4.69, 9.17) is 0 Å². The normalized spacial score (nSPS) is 16.0. The van der Waals surface area contributed by atoms with Crippen molar-refractivity contribution in [3.05, 3.63) is 41.7 Å². The van der Waals surface area contributed by atoms with Crippen molar-refractivity contribution in [1.29, 1.82) is 0 Å². The third kappa shape index (κ3) is 5.79. The molecule has 1 aliphatic heterocycles. The van der Waals surface area contributed by atoms with Gasteiger partial charge in [-0.3, -0.25) is 9.88 Å². The van der Waals surface area contributed by atoms with Crippen LogP contribution >= 0.6 is 0 Å². The van der Waals surface area contributed by atoms with Gasteiger partial charge in [0.2, 0.25) is 0 Å². The molecule has 0 saturated carbocycles. The van der Waals surface area contributed by atoms with Crippen molar-refractivity contribution in [3.8, 4) is 11.5 Å². The third-order valence-electron chi connectivity index (χ3n) is 5.08. The van der Waals surface area contributed by atoms with Gasteiger partial charge in [-0.25, -0.2) is 0 Å². The highest BCUT2D eigenvalue weighted by molar-refractivity contribution is 6.83. The van der Waals surface area contributed by atoms with Crippen molar-refractivity contribution in [2.45, 2.75) is 45.3 Å². The minimum atomic E-state index is -1.41. The number of carbonyl (C=O) groups is 1. The van der Waals surface area contributed by atoms with E-state index in [0.717, 1.165) is 43.1 Å². The summed E-state index contributed by atoms with van der Waals surface area (Å²) in [6.45, 7) is 9.98. The molecule has 0 aliphatic carbocycles. The van der Waals surface area contributed by atoms with E-state index >= 15 is 0 Å². The molecule has 1 saturated heterocycles. The molecular formula is C22H28BN2OSi. The van der Waals surface area contributed by atoms with Gasteiger partial charge < -0.3 is 4.79 Å². The van der Waals surface area contributed by atoms with Crippen molar-refractivity contribution >= 4 is 32.3 Å². The number of hydrogen-bond acceptors (Lipinski definition) is 3. The Morgan fingerprint density at radius 1 is 1.26 bits per heavy atom. The van der Waals surface area contributed by atoms with Crippen molar-refractivity contribution in [2.75, 3.05) is 13.1 Å². The molecule has 2 aromatic rings. The van der Waals surface area contributed by atoms with Gasteiger partial charge >= 0.3 is 0 Å². The second-order valence-corrected chi connectivity index (χ2v) is 13.3. The standard InChI is InChI=1S/C22H28BN2OSi/c1-27(2,3)11-8-21-15-24-14-20-5-4-19(12-22(20)21)16-25-9-6-18(7-10-25)13-23-17-26/h4-5,12,14-15,17-18H,6-7,9-10,13,16H2,1-3H3. The molecule has 27 heavy (non-hydrogen) atoms. The van der Waals surface area contributed by atoms with Gasteiger partial charge in [0.05, 0.1) is 11.7 Å². The van der Waals surface area contributed by atoms with Gasteiger partial charge in [0.25, 0.3) is 0 Å². The molecule has 1 aromatic heterocycles. The molecule has 0 unspecified atom stereocenters. The first-order valence-corrected chi connectivity index (χ1v) is 13.3. The summed E-state index contributed by atoms with van der Waals surface area (Å²) in [5, 5.41) is 2.37. The molecule has 0 amide bonds.